The summed E-state index contributed by atoms with van der Waals surface area (Å²) in [6, 6.07) is 0. The van der Waals surface area contributed by atoms with Crippen molar-refractivity contribution in [1.29, 1.82) is 0 Å². The van der Waals surface area contributed by atoms with E-state index in [1.807, 2.05) is 0 Å². The molecule has 0 amide bonds. The molecule has 1 unspecified atom stereocenters. The third kappa shape index (κ3) is 18.3. The Balaban J connectivity index is 3.07. The van der Waals surface area contributed by atoms with Gasteiger partial charge in [-0.25, -0.2) is 0 Å². The predicted octanol–water partition coefficient (Wildman–Crippen LogP) is 8.05. The Bertz CT molecular complexity index is 214. The van der Waals surface area contributed by atoms with Crippen LogP contribution in [0.3, 0.4) is 0 Å². The lowest BCUT2D eigenvalue weighted by Gasteiger charge is -2.12. The summed E-state index contributed by atoms with van der Waals surface area (Å²) in [6.07, 6.45) is 26.6. The molecule has 1 atom stereocenters. The van der Waals surface area contributed by atoms with E-state index in [4.69, 9.17) is 0 Å². The van der Waals surface area contributed by atoms with E-state index in [1.165, 1.54) is 122 Å². The molecule has 24 heavy (non-hydrogen) atoms. The second-order valence-corrected chi connectivity index (χ2v) is 7.93. The van der Waals surface area contributed by atoms with Gasteiger partial charge in [-0.3, -0.25) is 0 Å². The highest BCUT2D eigenvalue weighted by Gasteiger charge is 2.05. The fourth-order valence-electron chi connectivity index (χ4n) is 3.72. The summed E-state index contributed by atoms with van der Waals surface area (Å²) in [5, 5.41) is 9.28. The quantitative estimate of drug-likeness (QED) is 0.222. The number of hydrogen-bond donors (Lipinski definition) is 1. The molecule has 0 fully saturated rings. The van der Waals surface area contributed by atoms with Crippen LogP contribution in [0.2, 0.25) is 0 Å². The van der Waals surface area contributed by atoms with E-state index in [2.05, 4.69) is 13.8 Å². The van der Waals surface area contributed by atoms with Gasteiger partial charge in [-0.15, -0.1) is 0 Å². The van der Waals surface area contributed by atoms with Gasteiger partial charge in [-0.05, 0) is 18.8 Å². The van der Waals surface area contributed by atoms with Gasteiger partial charge < -0.3 is 5.11 Å². The zero-order valence-corrected chi connectivity index (χ0v) is 17.2. The number of aliphatic hydroxyl groups excluding tert-OH is 1. The highest BCUT2D eigenvalue weighted by Crippen LogP contribution is 2.17. The number of rotatable bonds is 20. The van der Waals surface area contributed by atoms with Crippen LogP contribution in [0.5, 0.6) is 0 Å². The molecular weight excluding hydrogens is 292 g/mol. The molecule has 0 bridgehead atoms. The molecule has 0 saturated heterocycles. The van der Waals surface area contributed by atoms with E-state index in [1.54, 1.807) is 0 Å². The molecule has 146 valence electrons. The van der Waals surface area contributed by atoms with Crippen molar-refractivity contribution in [3.8, 4) is 0 Å². The van der Waals surface area contributed by atoms with E-state index in [-0.39, 0.29) is 0 Å². The summed E-state index contributed by atoms with van der Waals surface area (Å²) in [7, 11) is 0. The lowest BCUT2D eigenvalue weighted by atomic mass is 9.96. The van der Waals surface area contributed by atoms with Crippen molar-refractivity contribution in [3.63, 3.8) is 0 Å². The smallest absolute Gasteiger partial charge is 0.0459 e. The normalized spacial score (nSPS) is 12.6. The summed E-state index contributed by atoms with van der Waals surface area (Å²) < 4.78 is 0. The third-order valence-corrected chi connectivity index (χ3v) is 5.42. The Kier molecular flexibility index (Phi) is 21.0. The van der Waals surface area contributed by atoms with Crippen LogP contribution in [0.1, 0.15) is 136 Å². The van der Waals surface area contributed by atoms with Crippen LogP contribution in [0.15, 0.2) is 0 Å². The Morgan fingerprint density at radius 3 is 1.17 bits per heavy atom. The molecule has 0 radical (unpaired) electrons. The molecule has 0 saturated carbocycles. The molecule has 1 N–H and O–H groups in total. The topological polar surface area (TPSA) is 20.2 Å². The average molecular weight is 341 g/mol. The first-order valence-electron chi connectivity index (χ1n) is 11.5. The highest BCUT2D eigenvalue weighted by atomic mass is 16.3. The maximum atomic E-state index is 9.28. The molecular formula is C23H48O. The zero-order chi connectivity index (χ0) is 17.7. The van der Waals surface area contributed by atoms with Crippen LogP contribution in [0, 0.1) is 5.92 Å². The first-order chi connectivity index (χ1) is 11.8. The van der Waals surface area contributed by atoms with Crippen molar-refractivity contribution in [2.45, 2.75) is 136 Å². The Hall–Kier alpha value is -0.0400. The maximum absolute atomic E-state index is 9.28. The van der Waals surface area contributed by atoms with Crippen molar-refractivity contribution in [2.24, 2.45) is 5.92 Å². The molecule has 1 nitrogen and oxygen atoms in total. The summed E-state index contributed by atoms with van der Waals surface area (Å²) >= 11 is 0. The second-order valence-electron chi connectivity index (χ2n) is 7.93. The molecule has 0 aromatic carbocycles. The van der Waals surface area contributed by atoms with E-state index >= 15 is 0 Å². The van der Waals surface area contributed by atoms with E-state index < -0.39 is 0 Å². The highest BCUT2D eigenvalue weighted by molar-refractivity contribution is 4.57. The van der Waals surface area contributed by atoms with Crippen molar-refractivity contribution in [3.05, 3.63) is 0 Å². The molecule has 0 aromatic heterocycles. The molecule has 0 spiro atoms. The van der Waals surface area contributed by atoms with Gasteiger partial charge in [0.1, 0.15) is 0 Å². The predicted molar refractivity (Wildman–Crippen MR) is 110 cm³/mol. The minimum absolute atomic E-state index is 0.395. The van der Waals surface area contributed by atoms with Gasteiger partial charge >= 0.3 is 0 Å². The van der Waals surface area contributed by atoms with Crippen LogP contribution in [-0.2, 0) is 0 Å². The standard InChI is InChI=1S/C23H48O/c1-3-5-6-7-8-9-10-11-12-13-14-15-16-17-18-19-21-23(22-24)20-4-2/h23-24H,3-22H2,1-2H3. The van der Waals surface area contributed by atoms with Gasteiger partial charge in [0.2, 0.25) is 0 Å². The van der Waals surface area contributed by atoms with Crippen LogP contribution < -0.4 is 0 Å². The van der Waals surface area contributed by atoms with Gasteiger partial charge in [0.25, 0.3) is 0 Å². The molecule has 0 aliphatic heterocycles. The van der Waals surface area contributed by atoms with Gasteiger partial charge in [-0.2, -0.15) is 0 Å². The third-order valence-electron chi connectivity index (χ3n) is 5.42. The van der Waals surface area contributed by atoms with Crippen LogP contribution in [0.4, 0.5) is 0 Å². The summed E-state index contributed by atoms with van der Waals surface area (Å²) in [5.41, 5.74) is 0. The number of unbranched alkanes of at least 4 members (excludes halogenated alkanes) is 15. The van der Waals surface area contributed by atoms with Gasteiger partial charge in [0.15, 0.2) is 0 Å². The summed E-state index contributed by atoms with van der Waals surface area (Å²) in [6.45, 7) is 4.91. The maximum Gasteiger partial charge on any atom is 0.0459 e. The lowest BCUT2D eigenvalue weighted by molar-refractivity contribution is 0.206. The van der Waals surface area contributed by atoms with Gasteiger partial charge in [0, 0.05) is 6.61 Å². The SMILES string of the molecule is CCCCCCCCCCCCCCCCCCC(CO)CCC. The molecule has 0 heterocycles. The molecule has 0 aliphatic rings. The fourth-order valence-corrected chi connectivity index (χ4v) is 3.72. The second kappa shape index (κ2) is 21.0. The first-order valence-corrected chi connectivity index (χ1v) is 11.5. The largest absolute Gasteiger partial charge is 0.396 e. The summed E-state index contributed by atoms with van der Waals surface area (Å²) in [5.74, 6) is 0.571. The number of aliphatic hydroxyl groups is 1. The van der Waals surface area contributed by atoms with Crippen molar-refractivity contribution < 1.29 is 5.11 Å². The first kappa shape index (κ1) is 24.0. The van der Waals surface area contributed by atoms with Crippen molar-refractivity contribution in [1.82, 2.24) is 0 Å². The van der Waals surface area contributed by atoms with Gasteiger partial charge in [-0.1, -0.05) is 123 Å². The van der Waals surface area contributed by atoms with E-state index in [0.717, 1.165) is 0 Å². The Morgan fingerprint density at radius 1 is 0.458 bits per heavy atom. The number of hydrogen-bond acceptors (Lipinski definition) is 1. The van der Waals surface area contributed by atoms with Gasteiger partial charge in [0.05, 0.1) is 0 Å². The molecule has 1 heteroatoms. The van der Waals surface area contributed by atoms with Crippen molar-refractivity contribution >= 4 is 0 Å². The fraction of sp³-hybridized carbons (Fsp3) is 1.00. The minimum Gasteiger partial charge on any atom is -0.396 e. The van der Waals surface area contributed by atoms with E-state index in [9.17, 15) is 5.11 Å². The zero-order valence-electron chi connectivity index (χ0n) is 17.2. The average Bonchev–Trinajstić information content (AvgIpc) is 2.60. The van der Waals surface area contributed by atoms with Crippen LogP contribution >= 0.6 is 0 Å². The Labute approximate surface area is 154 Å². The van der Waals surface area contributed by atoms with Crippen LogP contribution in [0.25, 0.3) is 0 Å². The molecule has 0 aliphatic carbocycles. The van der Waals surface area contributed by atoms with Crippen LogP contribution in [-0.4, -0.2) is 11.7 Å². The Morgan fingerprint density at radius 2 is 0.833 bits per heavy atom. The van der Waals surface area contributed by atoms with E-state index in [0.29, 0.717) is 12.5 Å². The monoisotopic (exact) mass is 340 g/mol. The summed E-state index contributed by atoms with van der Waals surface area (Å²) in [4.78, 5) is 0. The molecule has 0 rings (SSSR count). The molecule has 0 aromatic rings. The minimum atomic E-state index is 0.395. The van der Waals surface area contributed by atoms with Crippen molar-refractivity contribution in [2.75, 3.05) is 6.61 Å². The lowest BCUT2D eigenvalue weighted by Crippen LogP contribution is -2.05.